The van der Waals surface area contributed by atoms with Crippen molar-refractivity contribution in [3.8, 4) is 12.1 Å². The Morgan fingerprint density at radius 2 is 2.09 bits per heavy atom. The van der Waals surface area contributed by atoms with E-state index in [1.807, 2.05) is 36.6 Å². The van der Waals surface area contributed by atoms with Crippen molar-refractivity contribution in [3.05, 3.63) is 41.1 Å². The van der Waals surface area contributed by atoms with E-state index in [-0.39, 0.29) is 35.8 Å². The molecule has 0 saturated carbocycles. The Hall–Kier alpha value is -2.74. The van der Waals surface area contributed by atoms with Gasteiger partial charge in [0.05, 0.1) is 18.7 Å². The van der Waals surface area contributed by atoms with E-state index >= 15 is 0 Å². The van der Waals surface area contributed by atoms with E-state index in [2.05, 4.69) is 11.2 Å². The molecule has 2 rings (SSSR count). The minimum Gasteiger partial charge on any atom is -0.394 e. The maximum Gasteiger partial charge on any atom is 0.140 e. The Morgan fingerprint density at radius 3 is 2.61 bits per heavy atom. The fourth-order valence-electron chi connectivity index (χ4n) is 2.06. The second-order valence-electron chi connectivity index (χ2n) is 4.61. The van der Waals surface area contributed by atoms with Crippen LogP contribution in [0, 0.1) is 22.7 Å². The minimum atomic E-state index is -0.155. The Morgan fingerprint density at radius 1 is 1.39 bits per heavy atom. The average Bonchev–Trinajstić information content (AvgIpc) is 2.89. The number of allylic oxidation sites excluding steroid dienone is 1. The molecule has 2 aromatic rings. The lowest BCUT2D eigenvalue weighted by atomic mass is 10.1. The zero-order valence-electron chi connectivity index (χ0n) is 12.5. The van der Waals surface area contributed by atoms with Gasteiger partial charge in [-0.3, -0.25) is 0 Å². The Labute approximate surface area is 138 Å². The van der Waals surface area contributed by atoms with Crippen LogP contribution in [0.1, 0.15) is 16.8 Å². The summed E-state index contributed by atoms with van der Waals surface area (Å²) in [7, 11) is 0. The first-order valence-electron chi connectivity index (χ1n) is 6.78. The summed E-state index contributed by atoms with van der Waals surface area (Å²) in [4.78, 5) is 1.12. The summed E-state index contributed by atoms with van der Waals surface area (Å²) < 4.78 is 1.33. The number of aliphatic hydroxyl groups is 1. The number of rotatable bonds is 5. The third-order valence-corrected chi connectivity index (χ3v) is 3.96. The quantitative estimate of drug-likeness (QED) is 0.643. The summed E-state index contributed by atoms with van der Waals surface area (Å²) in [5.74, 6) is 0.149. The van der Waals surface area contributed by atoms with Crippen LogP contribution >= 0.6 is 11.8 Å². The van der Waals surface area contributed by atoms with Crippen LogP contribution in [0.25, 0.3) is 11.6 Å². The molecule has 116 valence electrons. The van der Waals surface area contributed by atoms with Crippen LogP contribution in [0.3, 0.4) is 0 Å². The minimum absolute atomic E-state index is 0.145. The van der Waals surface area contributed by atoms with Gasteiger partial charge in [0.15, 0.2) is 0 Å². The van der Waals surface area contributed by atoms with Gasteiger partial charge in [-0.2, -0.15) is 15.6 Å². The molecular weight excluding hydrogens is 310 g/mol. The summed E-state index contributed by atoms with van der Waals surface area (Å²) in [6, 6.07) is 11.7. The van der Waals surface area contributed by atoms with Crippen LogP contribution in [-0.4, -0.2) is 27.7 Å². The normalized spacial score (nSPS) is 11.0. The average molecular weight is 325 g/mol. The molecule has 0 bridgehead atoms. The monoisotopic (exact) mass is 325 g/mol. The molecule has 0 saturated heterocycles. The molecule has 0 amide bonds. The molecule has 3 N–H and O–H groups in total. The number of aromatic nitrogens is 2. The lowest BCUT2D eigenvalue weighted by Gasteiger charge is -1.99. The number of benzene rings is 1. The van der Waals surface area contributed by atoms with Crippen LogP contribution in [-0.2, 0) is 6.54 Å². The fourth-order valence-corrected chi connectivity index (χ4v) is 2.47. The predicted octanol–water partition coefficient (Wildman–Crippen LogP) is 2.12. The highest BCUT2D eigenvalue weighted by Crippen LogP contribution is 2.25. The maximum atomic E-state index is 9.42. The molecule has 0 atom stereocenters. The molecular formula is C16H15N5OS. The number of hydrogen-bond donors (Lipinski definition) is 2. The van der Waals surface area contributed by atoms with Gasteiger partial charge in [0.25, 0.3) is 0 Å². The molecule has 0 spiro atoms. The van der Waals surface area contributed by atoms with Crippen molar-refractivity contribution in [2.75, 3.05) is 18.6 Å². The van der Waals surface area contributed by atoms with Crippen LogP contribution in [0.2, 0.25) is 0 Å². The van der Waals surface area contributed by atoms with E-state index in [9.17, 15) is 10.5 Å². The molecule has 0 aliphatic heterocycles. The molecule has 7 heteroatoms. The largest absolute Gasteiger partial charge is 0.394 e. The first kappa shape index (κ1) is 16.6. The van der Waals surface area contributed by atoms with Gasteiger partial charge in [0.2, 0.25) is 0 Å². The zero-order valence-corrected chi connectivity index (χ0v) is 13.3. The molecule has 0 aliphatic rings. The molecule has 1 aromatic carbocycles. The summed E-state index contributed by atoms with van der Waals surface area (Å²) >= 11 is 1.63. The molecule has 6 nitrogen and oxygen atoms in total. The Bertz CT molecular complexity index is 809. The highest BCUT2D eigenvalue weighted by atomic mass is 32.2. The second-order valence-corrected chi connectivity index (χ2v) is 5.49. The van der Waals surface area contributed by atoms with Crippen molar-refractivity contribution in [1.29, 1.82) is 10.5 Å². The Kier molecular flexibility index (Phi) is 5.42. The SMILES string of the molecule is CSc1ccc(/C=C(\C#N)c2nn(CCO)c(N)c2C#N)cc1. The number of aliphatic hydroxyl groups excluding tert-OH is 1. The molecule has 0 fully saturated rings. The molecule has 0 radical (unpaired) electrons. The summed E-state index contributed by atoms with van der Waals surface area (Å²) in [5.41, 5.74) is 7.31. The van der Waals surface area contributed by atoms with Crippen molar-refractivity contribution in [1.82, 2.24) is 9.78 Å². The highest BCUT2D eigenvalue weighted by Gasteiger charge is 2.18. The topological polar surface area (TPSA) is 112 Å². The van der Waals surface area contributed by atoms with Crippen molar-refractivity contribution >= 4 is 29.2 Å². The maximum absolute atomic E-state index is 9.42. The number of nitrogens with zero attached hydrogens (tertiary/aromatic N) is 4. The van der Waals surface area contributed by atoms with E-state index in [1.165, 1.54) is 4.68 Å². The van der Waals surface area contributed by atoms with Crippen LogP contribution in [0.15, 0.2) is 29.2 Å². The lowest BCUT2D eigenvalue weighted by molar-refractivity contribution is 0.270. The second kappa shape index (κ2) is 7.50. The standard InChI is InChI=1S/C16H15N5OS/c1-23-13-4-2-11(3-5-13)8-12(9-17)15-14(10-18)16(19)21(20-15)6-7-22/h2-5,8,22H,6-7,19H2,1H3/b12-8+. The molecule has 1 aromatic heterocycles. The summed E-state index contributed by atoms with van der Waals surface area (Å²) in [6.07, 6.45) is 3.65. The van der Waals surface area contributed by atoms with Crippen molar-refractivity contribution in [3.63, 3.8) is 0 Å². The highest BCUT2D eigenvalue weighted by molar-refractivity contribution is 7.98. The third kappa shape index (κ3) is 3.54. The van der Waals surface area contributed by atoms with Gasteiger partial charge in [-0.1, -0.05) is 12.1 Å². The van der Waals surface area contributed by atoms with E-state index < -0.39 is 0 Å². The van der Waals surface area contributed by atoms with Crippen molar-refractivity contribution < 1.29 is 5.11 Å². The van der Waals surface area contributed by atoms with Crippen molar-refractivity contribution in [2.24, 2.45) is 0 Å². The van der Waals surface area contributed by atoms with E-state index in [4.69, 9.17) is 10.8 Å². The Balaban J connectivity index is 2.48. The van der Waals surface area contributed by atoms with Crippen LogP contribution in [0.4, 0.5) is 5.82 Å². The summed E-state index contributed by atoms with van der Waals surface area (Å²) in [6.45, 7) is 0.0135. The number of thioether (sulfide) groups is 1. The number of nitrogen functional groups attached to an aromatic ring is 1. The predicted molar refractivity (Wildman–Crippen MR) is 90.1 cm³/mol. The fraction of sp³-hybridized carbons (Fsp3) is 0.188. The summed E-state index contributed by atoms with van der Waals surface area (Å²) in [5, 5.41) is 31.9. The third-order valence-electron chi connectivity index (χ3n) is 3.22. The molecule has 1 heterocycles. The van der Waals surface area contributed by atoms with Gasteiger partial charge >= 0.3 is 0 Å². The molecule has 0 aliphatic carbocycles. The van der Waals surface area contributed by atoms with Gasteiger partial charge in [0, 0.05) is 4.90 Å². The lowest BCUT2D eigenvalue weighted by Crippen LogP contribution is -2.07. The van der Waals surface area contributed by atoms with Gasteiger partial charge in [0.1, 0.15) is 29.2 Å². The van der Waals surface area contributed by atoms with Crippen LogP contribution in [0.5, 0.6) is 0 Å². The number of hydrogen-bond acceptors (Lipinski definition) is 6. The van der Waals surface area contributed by atoms with E-state index in [0.29, 0.717) is 0 Å². The number of nitrogens with two attached hydrogens (primary N) is 1. The number of nitriles is 2. The van der Waals surface area contributed by atoms with Gasteiger partial charge < -0.3 is 10.8 Å². The van der Waals surface area contributed by atoms with Gasteiger partial charge in [-0.15, -0.1) is 11.8 Å². The zero-order chi connectivity index (χ0) is 16.8. The van der Waals surface area contributed by atoms with E-state index in [0.717, 1.165) is 10.5 Å². The first-order valence-corrected chi connectivity index (χ1v) is 8.00. The first-order chi connectivity index (χ1) is 11.1. The smallest absolute Gasteiger partial charge is 0.140 e. The number of anilines is 1. The molecule has 0 unspecified atom stereocenters. The van der Waals surface area contributed by atoms with Crippen LogP contribution < -0.4 is 5.73 Å². The van der Waals surface area contributed by atoms with E-state index in [1.54, 1.807) is 17.8 Å². The molecule has 23 heavy (non-hydrogen) atoms. The van der Waals surface area contributed by atoms with Gasteiger partial charge in [-0.05, 0) is 30.0 Å². The van der Waals surface area contributed by atoms with Crippen molar-refractivity contribution in [2.45, 2.75) is 11.4 Å². The van der Waals surface area contributed by atoms with Gasteiger partial charge in [-0.25, -0.2) is 4.68 Å².